The summed E-state index contributed by atoms with van der Waals surface area (Å²) in [6.07, 6.45) is 5.02. The van der Waals surface area contributed by atoms with Crippen LogP contribution in [0.3, 0.4) is 0 Å². The van der Waals surface area contributed by atoms with Crippen molar-refractivity contribution in [2.75, 3.05) is 0 Å². The summed E-state index contributed by atoms with van der Waals surface area (Å²) in [4.78, 5) is 9.17. The van der Waals surface area contributed by atoms with Gasteiger partial charge in [0, 0.05) is 19.2 Å². The van der Waals surface area contributed by atoms with E-state index in [-0.39, 0.29) is 0 Å². The second-order valence-corrected chi connectivity index (χ2v) is 6.92. The van der Waals surface area contributed by atoms with Crippen LogP contribution in [-0.2, 0) is 13.0 Å². The van der Waals surface area contributed by atoms with Gasteiger partial charge in [-0.3, -0.25) is 0 Å². The van der Waals surface area contributed by atoms with E-state index < -0.39 is 0 Å². The molecule has 4 heteroatoms. The highest BCUT2D eigenvalue weighted by atomic mass is 15.1. The molecule has 0 radical (unpaired) electrons. The monoisotopic (exact) mass is 366 g/mol. The fraction of sp³-hybridized carbons (Fsp3) is 0.208. The third-order valence-corrected chi connectivity index (χ3v) is 5.01. The minimum Gasteiger partial charge on any atom is -0.322 e. The minimum atomic E-state index is 0.698. The molecule has 2 aromatic heterocycles. The average Bonchev–Trinajstić information content (AvgIpc) is 3.10. The zero-order chi connectivity index (χ0) is 19.3. The topological polar surface area (TPSA) is 54.5 Å². The van der Waals surface area contributed by atoms with E-state index in [2.05, 4.69) is 52.9 Å². The Hall–Kier alpha value is -3.45. The predicted octanol–water partition coefficient (Wildman–Crippen LogP) is 5.36. The van der Waals surface area contributed by atoms with Crippen molar-refractivity contribution in [2.45, 2.75) is 32.7 Å². The van der Waals surface area contributed by atoms with Gasteiger partial charge in [0.25, 0.3) is 0 Å². The van der Waals surface area contributed by atoms with E-state index in [1.54, 1.807) is 6.20 Å². The standard InChI is InChI=1S/C24H22N4/c1-2-3-10-23-27-24-22(9-6-15-26-24)28(23)17-18-11-13-19(14-12-18)21-8-5-4-7-20(21)16-25/h4-9,11-15H,2-3,10,17H2,1H3. The molecule has 4 nitrogen and oxygen atoms in total. The van der Waals surface area contributed by atoms with Gasteiger partial charge in [0.05, 0.1) is 17.1 Å². The number of rotatable bonds is 6. The number of nitrogens with zero attached hydrogens (tertiary/aromatic N) is 4. The van der Waals surface area contributed by atoms with Gasteiger partial charge in [0.2, 0.25) is 0 Å². The first-order valence-corrected chi connectivity index (χ1v) is 9.68. The fourth-order valence-electron chi connectivity index (χ4n) is 3.51. The van der Waals surface area contributed by atoms with Gasteiger partial charge in [-0.1, -0.05) is 55.8 Å². The van der Waals surface area contributed by atoms with Gasteiger partial charge < -0.3 is 4.57 Å². The SMILES string of the molecule is CCCCc1nc2ncccc2n1Cc1ccc(-c2ccccc2C#N)cc1. The van der Waals surface area contributed by atoms with E-state index in [0.29, 0.717) is 5.56 Å². The lowest BCUT2D eigenvalue weighted by atomic mass is 9.99. The lowest BCUT2D eigenvalue weighted by molar-refractivity contribution is 0.690. The normalized spacial score (nSPS) is 10.9. The van der Waals surface area contributed by atoms with Crippen molar-refractivity contribution in [2.24, 2.45) is 0 Å². The van der Waals surface area contributed by atoms with E-state index >= 15 is 0 Å². The van der Waals surface area contributed by atoms with Crippen LogP contribution < -0.4 is 0 Å². The van der Waals surface area contributed by atoms with Gasteiger partial charge in [-0.05, 0) is 41.3 Å². The Kier molecular flexibility index (Phi) is 5.16. The van der Waals surface area contributed by atoms with Crippen LogP contribution in [0.2, 0.25) is 0 Å². The molecule has 138 valence electrons. The van der Waals surface area contributed by atoms with Crippen LogP contribution in [0.4, 0.5) is 0 Å². The molecule has 0 aliphatic rings. The van der Waals surface area contributed by atoms with Gasteiger partial charge in [0.15, 0.2) is 5.65 Å². The lowest BCUT2D eigenvalue weighted by Crippen LogP contribution is -2.05. The smallest absolute Gasteiger partial charge is 0.177 e. The molecule has 2 heterocycles. The van der Waals surface area contributed by atoms with E-state index in [1.807, 2.05) is 30.3 Å². The van der Waals surface area contributed by atoms with Crippen molar-refractivity contribution in [3.63, 3.8) is 0 Å². The highest BCUT2D eigenvalue weighted by Gasteiger charge is 2.12. The molecule has 0 fully saturated rings. The number of unbranched alkanes of at least 4 members (excludes halogenated alkanes) is 1. The third kappa shape index (κ3) is 3.52. The summed E-state index contributed by atoms with van der Waals surface area (Å²) in [5.41, 5.74) is 5.82. The van der Waals surface area contributed by atoms with Gasteiger partial charge >= 0.3 is 0 Å². The predicted molar refractivity (Wildman–Crippen MR) is 112 cm³/mol. The summed E-state index contributed by atoms with van der Waals surface area (Å²) < 4.78 is 2.27. The third-order valence-electron chi connectivity index (χ3n) is 5.01. The van der Waals surface area contributed by atoms with Crippen molar-refractivity contribution in [3.05, 3.63) is 83.8 Å². The van der Waals surface area contributed by atoms with Crippen LogP contribution in [0.15, 0.2) is 66.9 Å². The second kappa shape index (κ2) is 8.06. The molecular weight excluding hydrogens is 344 g/mol. The summed E-state index contributed by atoms with van der Waals surface area (Å²) >= 11 is 0. The molecule has 4 rings (SSSR count). The molecule has 0 atom stereocenters. The highest BCUT2D eigenvalue weighted by molar-refractivity contribution is 5.72. The Morgan fingerprint density at radius 2 is 1.82 bits per heavy atom. The first kappa shape index (κ1) is 17.9. The minimum absolute atomic E-state index is 0.698. The van der Waals surface area contributed by atoms with E-state index in [9.17, 15) is 5.26 Å². The zero-order valence-corrected chi connectivity index (χ0v) is 16.0. The molecule has 28 heavy (non-hydrogen) atoms. The van der Waals surface area contributed by atoms with Gasteiger partial charge in [-0.2, -0.15) is 5.26 Å². The molecule has 0 amide bonds. The number of hydrogen-bond donors (Lipinski definition) is 0. The molecule has 0 spiro atoms. The maximum absolute atomic E-state index is 9.34. The highest BCUT2D eigenvalue weighted by Crippen LogP contribution is 2.24. The fourth-order valence-corrected chi connectivity index (χ4v) is 3.51. The molecule has 0 saturated heterocycles. The molecular formula is C24H22N4. The number of benzene rings is 2. The van der Waals surface area contributed by atoms with Gasteiger partial charge in [-0.25, -0.2) is 9.97 Å². The van der Waals surface area contributed by atoms with Crippen LogP contribution >= 0.6 is 0 Å². The number of fused-ring (bicyclic) bond motifs is 1. The van der Waals surface area contributed by atoms with Crippen LogP contribution in [0.25, 0.3) is 22.3 Å². The molecule has 0 unspecified atom stereocenters. The number of aromatic nitrogens is 3. The Morgan fingerprint density at radius 3 is 2.61 bits per heavy atom. The Morgan fingerprint density at radius 1 is 1.00 bits per heavy atom. The Bertz CT molecular complexity index is 1130. The molecule has 0 N–H and O–H groups in total. The summed E-state index contributed by atoms with van der Waals surface area (Å²) in [5.74, 6) is 1.09. The van der Waals surface area contributed by atoms with Crippen LogP contribution in [0.5, 0.6) is 0 Å². The molecule has 0 bridgehead atoms. The summed E-state index contributed by atoms with van der Waals surface area (Å²) in [6, 6.07) is 22.5. The second-order valence-electron chi connectivity index (χ2n) is 6.92. The van der Waals surface area contributed by atoms with Crippen LogP contribution in [0.1, 0.15) is 36.7 Å². The summed E-state index contributed by atoms with van der Waals surface area (Å²) in [7, 11) is 0. The van der Waals surface area contributed by atoms with Gasteiger partial charge in [0.1, 0.15) is 5.82 Å². The Labute approximate surface area is 165 Å². The lowest BCUT2D eigenvalue weighted by Gasteiger charge is -2.10. The van der Waals surface area contributed by atoms with E-state index in [0.717, 1.165) is 53.9 Å². The Balaban J connectivity index is 1.66. The first-order valence-electron chi connectivity index (χ1n) is 9.68. The number of hydrogen-bond acceptors (Lipinski definition) is 3. The largest absolute Gasteiger partial charge is 0.322 e. The number of pyridine rings is 1. The van der Waals surface area contributed by atoms with E-state index in [4.69, 9.17) is 4.98 Å². The average molecular weight is 366 g/mol. The maximum Gasteiger partial charge on any atom is 0.177 e. The van der Waals surface area contributed by atoms with Crippen LogP contribution in [-0.4, -0.2) is 14.5 Å². The first-order chi connectivity index (χ1) is 13.8. The van der Waals surface area contributed by atoms with Crippen molar-refractivity contribution in [3.8, 4) is 17.2 Å². The molecule has 0 aliphatic carbocycles. The maximum atomic E-state index is 9.34. The zero-order valence-electron chi connectivity index (χ0n) is 16.0. The van der Waals surface area contributed by atoms with E-state index in [1.165, 1.54) is 5.56 Å². The van der Waals surface area contributed by atoms with Crippen LogP contribution in [0, 0.1) is 11.3 Å². The number of aryl methyl sites for hydroxylation is 1. The summed E-state index contributed by atoms with van der Waals surface area (Å²) in [6.45, 7) is 2.96. The van der Waals surface area contributed by atoms with Crippen molar-refractivity contribution in [1.29, 1.82) is 5.26 Å². The van der Waals surface area contributed by atoms with Crippen molar-refractivity contribution < 1.29 is 0 Å². The quantitative estimate of drug-likeness (QED) is 0.461. The molecule has 2 aromatic carbocycles. The molecule has 0 saturated carbocycles. The summed E-state index contributed by atoms with van der Waals surface area (Å²) in [5, 5.41) is 9.34. The van der Waals surface area contributed by atoms with Crippen molar-refractivity contribution in [1.82, 2.24) is 14.5 Å². The molecule has 0 aliphatic heterocycles. The number of nitriles is 1. The number of imidazole rings is 1. The van der Waals surface area contributed by atoms with Crippen molar-refractivity contribution >= 4 is 11.2 Å². The van der Waals surface area contributed by atoms with Gasteiger partial charge in [-0.15, -0.1) is 0 Å². The molecule has 4 aromatic rings.